The van der Waals surface area contributed by atoms with E-state index in [0.717, 1.165) is 16.5 Å². The maximum absolute atomic E-state index is 11.9. The number of aryl methyl sites for hydroxylation is 1. The van der Waals surface area contributed by atoms with E-state index in [1.54, 1.807) is 6.07 Å². The molecule has 0 fully saturated rings. The topological polar surface area (TPSA) is 78.4 Å². The summed E-state index contributed by atoms with van der Waals surface area (Å²) in [7, 11) is 0. The Morgan fingerprint density at radius 1 is 1.35 bits per heavy atom. The molecule has 6 heteroatoms. The number of halogens is 1. The van der Waals surface area contributed by atoms with E-state index in [0.29, 0.717) is 12.1 Å². The van der Waals surface area contributed by atoms with Gasteiger partial charge in [0.1, 0.15) is 0 Å². The number of hydrogen-bond acceptors (Lipinski definition) is 2. The van der Waals surface area contributed by atoms with Gasteiger partial charge in [-0.1, -0.05) is 29.3 Å². The summed E-state index contributed by atoms with van der Waals surface area (Å²) in [5, 5.41) is 14.2. The fourth-order valence-electron chi connectivity index (χ4n) is 1.95. The minimum Gasteiger partial charge on any atom is -0.481 e. The Labute approximate surface area is 126 Å². The summed E-state index contributed by atoms with van der Waals surface area (Å²) in [5.41, 5.74) is 1.69. The quantitative estimate of drug-likeness (QED) is 0.739. The second-order valence-electron chi connectivity index (χ2n) is 4.70. The summed E-state index contributed by atoms with van der Waals surface area (Å²) < 4.78 is 0.878. The van der Waals surface area contributed by atoms with Crippen molar-refractivity contribution in [2.75, 3.05) is 5.32 Å². The standard InChI is InChI=1S/C14H19BrN2O3/c1-3-4-11(8-13(18)19)16-14(20)17-12-6-9(2)5-10(15)7-12/h5-7,11H,3-4,8H2,1-2H3,(H,18,19)(H2,16,17,20). The first-order chi connectivity index (χ1) is 9.40. The van der Waals surface area contributed by atoms with Gasteiger partial charge in [0.2, 0.25) is 0 Å². The third kappa shape index (κ3) is 6.06. The molecule has 0 heterocycles. The number of rotatable bonds is 6. The molecule has 0 aliphatic heterocycles. The largest absolute Gasteiger partial charge is 0.481 e. The molecule has 0 bridgehead atoms. The molecule has 1 rings (SSSR count). The second-order valence-corrected chi connectivity index (χ2v) is 5.61. The van der Waals surface area contributed by atoms with E-state index in [2.05, 4.69) is 26.6 Å². The van der Waals surface area contributed by atoms with Gasteiger partial charge in [-0.15, -0.1) is 0 Å². The number of aliphatic carboxylic acids is 1. The van der Waals surface area contributed by atoms with Crippen molar-refractivity contribution >= 4 is 33.6 Å². The number of anilines is 1. The molecule has 1 atom stereocenters. The minimum atomic E-state index is -0.915. The molecule has 5 nitrogen and oxygen atoms in total. The Morgan fingerprint density at radius 3 is 2.60 bits per heavy atom. The molecule has 1 unspecified atom stereocenters. The molecule has 3 N–H and O–H groups in total. The van der Waals surface area contributed by atoms with Gasteiger partial charge >= 0.3 is 12.0 Å². The SMILES string of the molecule is CCCC(CC(=O)O)NC(=O)Nc1cc(C)cc(Br)c1. The van der Waals surface area contributed by atoms with Crippen molar-refractivity contribution < 1.29 is 14.7 Å². The second kappa shape index (κ2) is 7.89. The number of benzene rings is 1. The van der Waals surface area contributed by atoms with Crippen molar-refractivity contribution in [3.63, 3.8) is 0 Å². The summed E-state index contributed by atoms with van der Waals surface area (Å²) in [6.07, 6.45) is 1.38. The average Bonchev–Trinajstić information content (AvgIpc) is 2.26. The normalized spacial score (nSPS) is 11.8. The van der Waals surface area contributed by atoms with Crippen LogP contribution in [0.25, 0.3) is 0 Å². The lowest BCUT2D eigenvalue weighted by Gasteiger charge is -2.17. The van der Waals surface area contributed by atoms with Gasteiger partial charge in [0, 0.05) is 16.2 Å². The summed E-state index contributed by atoms with van der Waals surface area (Å²) in [5.74, 6) is -0.915. The number of amides is 2. The van der Waals surface area contributed by atoms with Gasteiger partial charge in [0.05, 0.1) is 6.42 Å². The predicted molar refractivity (Wildman–Crippen MR) is 82.0 cm³/mol. The fourth-order valence-corrected chi connectivity index (χ4v) is 2.55. The van der Waals surface area contributed by atoms with Crippen LogP contribution >= 0.6 is 15.9 Å². The van der Waals surface area contributed by atoms with Crippen LogP contribution in [0.4, 0.5) is 10.5 Å². The molecule has 2 amide bonds. The lowest BCUT2D eigenvalue weighted by Crippen LogP contribution is -2.39. The summed E-state index contributed by atoms with van der Waals surface area (Å²) >= 11 is 3.36. The van der Waals surface area contributed by atoms with Crippen molar-refractivity contribution in [1.29, 1.82) is 0 Å². The first kappa shape index (κ1) is 16.5. The molecular formula is C14H19BrN2O3. The van der Waals surface area contributed by atoms with Crippen molar-refractivity contribution in [1.82, 2.24) is 5.32 Å². The van der Waals surface area contributed by atoms with Crippen LogP contribution in [0.5, 0.6) is 0 Å². The molecule has 0 spiro atoms. The Balaban J connectivity index is 2.62. The van der Waals surface area contributed by atoms with Crippen molar-refractivity contribution in [2.45, 2.75) is 39.2 Å². The highest BCUT2D eigenvalue weighted by atomic mass is 79.9. The third-order valence-electron chi connectivity index (χ3n) is 2.69. The number of carboxylic acid groups (broad SMARTS) is 1. The molecule has 20 heavy (non-hydrogen) atoms. The molecule has 0 saturated carbocycles. The van der Waals surface area contributed by atoms with Gasteiger partial charge in [-0.25, -0.2) is 4.79 Å². The molecule has 0 aromatic heterocycles. The molecule has 1 aromatic rings. The van der Waals surface area contributed by atoms with Crippen LogP contribution < -0.4 is 10.6 Å². The van der Waals surface area contributed by atoms with Crippen molar-refractivity contribution in [2.24, 2.45) is 0 Å². The van der Waals surface area contributed by atoms with E-state index >= 15 is 0 Å². The summed E-state index contributed by atoms with van der Waals surface area (Å²) in [4.78, 5) is 22.6. The van der Waals surface area contributed by atoms with Crippen LogP contribution in [0.15, 0.2) is 22.7 Å². The molecule has 0 aliphatic rings. The van der Waals surface area contributed by atoms with Crippen LogP contribution in [0.1, 0.15) is 31.7 Å². The van der Waals surface area contributed by atoms with E-state index in [1.807, 2.05) is 26.0 Å². The van der Waals surface area contributed by atoms with Crippen LogP contribution in [0.3, 0.4) is 0 Å². The van der Waals surface area contributed by atoms with Crippen LogP contribution in [0, 0.1) is 6.92 Å². The number of nitrogens with one attached hydrogen (secondary N) is 2. The smallest absolute Gasteiger partial charge is 0.319 e. The predicted octanol–water partition coefficient (Wildman–Crippen LogP) is 3.52. The Bertz CT molecular complexity index is 471. The maximum atomic E-state index is 11.9. The first-order valence-electron chi connectivity index (χ1n) is 6.47. The van der Waals surface area contributed by atoms with E-state index in [-0.39, 0.29) is 18.5 Å². The molecule has 1 aromatic carbocycles. The first-order valence-corrected chi connectivity index (χ1v) is 7.26. The lowest BCUT2D eigenvalue weighted by molar-refractivity contribution is -0.137. The van der Waals surface area contributed by atoms with E-state index in [9.17, 15) is 9.59 Å². The zero-order valence-electron chi connectivity index (χ0n) is 11.6. The molecule has 110 valence electrons. The number of carbonyl (C=O) groups is 2. The Hall–Kier alpha value is -1.56. The van der Waals surface area contributed by atoms with E-state index in [1.165, 1.54) is 0 Å². The monoisotopic (exact) mass is 342 g/mol. The molecule has 0 aliphatic carbocycles. The molecule has 0 saturated heterocycles. The highest BCUT2D eigenvalue weighted by Crippen LogP contribution is 2.19. The fraction of sp³-hybridized carbons (Fsp3) is 0.429. The van der Waals surface area contributed by atoms with Crippen LogP contribution in [0.2, 0.25) is 0 Å². The number of carboxylic acids is 1. The summed E-state index contributed by atoms with van der Waals surface area (Å²) in [6, 6.07) is 4.83. The Morgan fingerprint density at radius 2 is 2.05 bits per heavy atom. The van der Waals surface area contributed by atoms with Crippen molar-refractivity contribution in [3.8, 4) is 0 Å². The highest BCUT2D eigenvalue weighted by molar-refractivity contribution is 9.10. The number of urea groups is 1. The van der Waals surface area contributed by atoms with Gasteiger partial charge in [-0.2, -0.15) is 0 Å². The number of carbonyl (C=O) groups excluding carboxylic acids is 1. The summed E-state index contributed by atoms with van der Waals surface area (Å²) in [6.45, 7) is 3.88. The van der Waals surface area contributed by atoms with Crippen LogP contribution in [-0.2, 0) is 4.79 Å². The van der Waals surface area contributed by atoms with E-state index in [4.69, 9.17) is 5.11 Å². The van der Waals surface area contributed by atoms with Crippen molar-refractivity contribution in [3.05, 3.63) is 28.2 Å². The number of hydrogen-bond donors (Lipinski definition) is 3. The Kier molecular flexibility index (Phi) is 6.51. The average molecular weight is 343 g/mol. The van der Waals surface area contributed by atoms with Gasteiger partial charge in [-0.05, 0) is 37.1 Å². The molecular weight excluding hydrogens is 324 g/mol. The van der Waals surface area contributed by atoms with E-state index < -0.39 is 5.97 Å². The van der Waals surface area contributed by atoms with Gasteiger partial charge in [0.25, 0.3) is 0 Å². The zero-order valence-corrected chi connectivity index (χ0v) is 13.2. The highest BCUT2D eigenvalue weighted by Gasteiger charge is 2.15. The van der Waals surface area contributed by atoms with Gasteiger partial charge in [0.15, 0.2) is 0 Å². The van der Waals surface area contributed by atoms with Crippen LogP contribution in [-0.4, -0.2) is 23.1 Å². The molecule has 0 radical (unpaired) electrons. The van der Waals surface area contributed by atoms with Gasteiger partial charge < -0.3 is 15.7 Å². The minimum absolute atomic E-state index is 0.0707. The zero-order chi connectivity index (χ0) is 15.1. The van der Waals surface area contributed by atoms with Gasteiger partial charge in [-0.3, -0.25) is 4.79 Å². The third-order valence-corrected chi connectivity index (χ3v) is 3.15. The maximum Gasteiger partial charge on any atom is 0.319 e. The lowest BCUT2D eigenvalue weighted by atomic mass is 10.1.